The fourth-order valence-electron chi connectivity index (χ4n) is 2.18. The molecule has 0 aliphatic carbocycles. The topological polar surface area (TPSA) is 75.7 Å². The number of carbonyl (C=O) groups is 1. The first-order valence-corrected chi connectivity index (χ1v) is 9.72. The summed E-state index contributed by atoms with van der Waals surface area (Å²) in [4.78, 5) is 12.5. The van der Waals surface area contributed by atoms with Gasteiger partial charge in [0.25, 0.3) is 5.91 Å². The van der Waals surface area contributed by atoms with Gasteiger partial charge in [0.15, 0.2) is 6.10 Å². The molecule has 7 heteroatoms. The molecule has 6 nitrogen and oxygen atoms in total. The van der Waals surface area contributed by atoms with E-state index >= 15 is 0 Å². The van der Waals surface area contributed by atoms with Crippen LogP contribution >= 0.6 is 0 Å². The van der Waals surface area contributed by atoms with Crippen molar-refractivity contribution in [2.24, 2.45) is 0 Å². The van der Waals surface area contributed by atoms with Crippen molar-refractivity contribution in [3.8, 4) is 5.75 Å². The van der Waals surface area contributed by atoms with Gasteiger partial charge in [-0.1, -0.05) is 31.2 Å². The number of benzene rings is 2. The lowest BCUT2D eigenvalue weighted by molar-refractivity contribution is -0.122. The lowest BCUT2D eigenvalue weighted by atomic mass is 10.2. The zero-order valence-electron chi connectivity index (χ0n) is 14.5. The van der Waals surface area contributed by atoms with Crippen molar-refractivity contribution in [1.82, 2.24) is 0 Å². The van der Waals surface area contributed by atoms with Crippen LogP contribution < -0.4 is 14.4 Å². The lowest BCUT2D eigenvalue weighted by Crippen LogP contribution is -2.32. The summed E-state index contributed by atoms with van der Waals surface area (Å²) >= 11 is 0. The predicted molar refractivity (Wildman–Crippen MR) is 99.5 cm³/mol. The Morgan fingerprint density at radius 3 is 2.44 bits per heavy atom. The van der Waals surface area contributed by atoms with Crippen LogP contribution in [0.4, 0.5) is 11.4 Å². The summed E-state index contributed by atoms with van der Waals surface area (Å²) < 4.78 is 30.1. The number of hydrogen-bond acceptors (Lipinski definition) is 4. The zero-order valence-corrected chi connectivity index (χ0v) is 15.3. The molecule has 2 aromatic rings. The van der Waals surface area contributed by atoms with Gasteiger partial charge in [-0.15, -0.1) is 0 Å². The molecule has 1 atom stereocenters. The van der Waals surface area contributed by atoms with Crippen molar-refractivity contribution < 1.29 is 17.9 Å². The third-order valence-electron chi connectivity index (χ3n) is 3.66. The van der Waals surface area contributed by atoms with Gasteiger partial charge in [0.1, 0.15) is 5.75 Å². The summed E-state index contributed by atoms with van der Waals surface area (Å²) in [6.07, 6.45) is 0.988. The van der Waals surface area contributed by atoms with Crippen LogP contribution in [0.1, 0.15) is 13.3 Å². The Balaban J connectivity index is 2.11. The number of para-hydroxylation sites is 1. The van der Waals surface area contributed by atoms with Gasteiger partial charge in [-0.2, -0.15) is 0 Å². The number of nitrogens with zero attached hydrogens (tertiary/aromatic N) is 1. The fraction of sp³-hybridized carbons (Fsp3) is 0.278. The van der Waals surface area contributed by atoms with E-state index in [1.807, 2.05) is 25.1 Å². The van der Waals surface area contributed by atoms with E-state index in [-0.39, 0.29) is 5.91 Å². The number of anilines is 2. The lowest BCUT2D eigenvalue weighted by Gasteiger charge is -2.19. The number of rotatable bonds is 7. The molecule has 0 saturated carbocycles. The van der Waals surface area contributed by atoms with Crippen LogP contribution in [-0.2, 0) is 14.8 Å². The van der Waals surface area contributed by atoms with Crippen molar-refractivity contribution in [2.45, 2.75) is 19.4 Å². The average molecular weight is 362 g/mol. The molecule has 0 bridgehead atoms. The highest BCUT2D eigenvalue weighted by atomic mass is 32.2. The van der Waals surface area contributed by atoms with Crippen LogP contribution in [0.5, 0.6) is 5.75 Å². The first kappa shape index (κ1) is 18.8. The zero-order chi connectivity index (χ0) is 18.4. The van der Waals surface area contributed by atoms with E-state index in [9.17, 15) is 13.2 Å². The summed E-state index contributed by atoms with van der Waals surface area (Å²) in [5.41, 5.74) is 0.977. The Morgan fingerprint density at radius 2 is 1.84 bits per heavy atom. The van der Waals surface area contributed by atoms with Crippen LogP contribution in [0.2, 0.25) is 0 Å². The molecule has 1 N–H and O–H groups in total. The van der Waals surface area contributed by atoms with E-state index in [1.165, 1.54) is 7.05 Å². The maximum Gasteiger partial charge on any atom is 0.265 e. The van der Waals surface area contributed by atoms with Gasteiger partial charge < -0.3 is 10.1 Å². The first-order chi connectivity index (χ1) is 11.8. The maximum atomic E-state index is 12.5. The number of hydrogen-bond donors (Lipinski definition) is 1. The molecule has 2 aromatic carbocycles. The molecule has 134 valence electrons. The van der Waals surface area contributed by atoms with E-state index in [4.69, 9.17) is 4.74 Å². The van der Waals surface area contributed by atoms with Crippen molar-refractivity contribution in [2.75, 3.05) is 22.9 Å². The van der Waals surface area contributed by atoms with E-state index in [2.05, 4.69) is 5.32 Å². The number of nitrogens with one attached hydrogen (secondary N) is 1. The molecule has 25 heavy (non-hydrogen) atoms. The molecule has 1 amide bonds. The van der Waals surface area contributed by atoms with Crippen molar-refractivity contribution in [3.05, 3.63) is 54.6 Å². The normalized spacial score (nSPS) is 12.3. The van der Waals surface area contributed by atoms with Crippen molar-refractivity contribution in [3.63, 3.8) is 0 Å². The molecule has 0 radical (unpaired) electrons. The highest BCUT2D eigenvalue weighted by molar-refractivity contribution is 7.92. The third kappa shape index (κ3) is 5.22. The minimum atomic E-state index is -3.37. The summed E-state index contributed by atoms with van der Waals surface area (Å²) in [6, 6.07) is 15.8. The molecule has 0 aromatic heterocycles. The smallest absolute Gasteiger partial charge is 0.265 e. The minimum absolute atomic E-state index is 0.287. The van der Waals surface area contributed by atoms with Gasteiger partial charge in [-0.3, -0.25) is 9.10 Å². The SMILES string of the molecule is CC[C@@H](Oc1ccccc1)C(=O)Nc1cccc(N(C)S(C)(=O)=O)c1. The van der Waals surface area contributed by atoms with E-state index in [0.29, 0.717) is 23.5 Å². The molecule has 0 saturated heterocycles. The largest absolute Gasteiger partial charge is 0.481 e. The second-order valence-corrected chi connectivity index (χ2v) is 7.61. The van der Waals surface area contributed by atoms with Gasteiger partial charge in [-0.25, -0.2) is 8.42 Å². The second kappa shape index (κ2) is 8.02. The van der Waals surface area contributed by atoms with Gasteiger partial charge in [0, 0.05) is 12.7 Å². The third-order valence-corrected chi connectivity index (χ3v) is 4.87. The molecule has 0 fully saturated rings. The summed E-state index contributed by atoms with van der Waals surface area (Å²) in [6.45, 7) is 1.86. The van der Waals surface area contributed by atoms with Crippen molar-refractivity contribution >= 4 is 27.3 Å². The fourth-order valence-corrected chi connectivity index (χ4v) is 2.68. The first-order valence-electron chi connectivity index (χ1n) is 7.88. The van der Waals surface area contributed by atoms with Gasteiger partial charge in [-0.05, 0) is 36.8 Å². The molecular formula is C18H22N2O4S. The molecule has 0 heterocycles. The quantitative estimate of drug-likeness (QED) is 0.822. The molecular weight excluding hydrogens is 340 g/mol. The van der Waals surface area contributed by atoms with Gasteiger partial charge in [0.2, 0.25) is 10.0 Å². The summed E-state index contributed by atoms with van der Waals surface area (Å²) in [5.74, 6) is 0.334. The standard InChI is InChI=1S/C18H22N2O4S/c1-4-17(24-16-11-6-5-7-12-16)18(21)19-14-9-8-10-15(13-14)20(2)25(3,22)23/h5-13,17H,4H2,1-3H3,(H,19,21)/t17-/m1/s1. The van der Waals surface area contributed by atoms with Gasteiger partial charge in [0.05, 0.1) is 11.9 Å². The Bertz CT molecular complexity index is 822. The average Bonchev–Trinajstić information content (AvgIpc) is 2.59. The van der Waals surface area contributed by atoms with Crippen LogP contribution in [0.15, 0.2) is 54.6 Å². The van der Waals surface area contributed by atoms with Crippen LogP contribution in [0.3, 0.4) is 0 Å². The number of carbonyl (C=O) groups excluding carboxylic acids is 1. The van der Waals surface area contributed by atoms with Crippen LogP contribution in [0.25, 0.3) is 0 Å². The Labute approximate surface area is 148 Å². The summed E-state index contributed by atoms with van der Waals surface area (Å²) in [5, 5.41) is 2.77. The monoisotopic (exact) mass is 362 g/mol. The van der Waals surface area contributed by atoms with Crippen LogP contribution in [0, 0.1) is 0 Å². The highest BCUT2D eigenvalue weighted by Gasteiger charge is 2.19. The Hall–Kier alpha value is -2.54. The molecule has 0 aliphatic rings. The highest BCUT2D eigenvalue weighted by Crippen LogP contribution is 2.21. The minimum Gasteiger partial charge on any atom is -0.481 e. The second-order valence-electron chi connectivity index (χ2n) is 5.60. The molecule has 0 aliphatic heterocycles. The predicted octanol–water partition coefficient (Wildman–Crippen LogP) is 2.88. The van der Waals surface area contributed by atoms with E-state index in [0.717, 1.165) is 10.6 Å². The van der Waals surface area contributed by atoms with E-state index in [1.54, 1.807) is 36.4 Å². The Morgan fingerprint density at radius 1 is 1.16 bits per heavy atom. The van der Waals surface area contributed by atoms with Crippen molar-refractivity contribution in [1.29, 1.82) is 0 Å². The van der Waals surface area contributed by atoms with Gasteiger partial charge >= 0.3 is 0 Å². The van der Waals surface area contributed by atoms with E-state index < -0.39 is 16.1 Å². The molecule has 0 unspecified atom stereocenters. The summed E-state index contributed by atoms with van der Waals surface area (Å²) in [7, 11) is -1.90. The van der Waals surface area contributed by atoms with Crippen LogP contribution in [-0.4, -0.2) is 33.7 Å². The number of amides is 1. The molecule has 0 spiro atoms. The number of sulfonamides is 1. The maximum absolute atomic E-state index is 12.5. The molecule has 2 rings (SSSR count). The Kier molecular flexibility index (Phi) is 6.03. The number of ether oxygens (including phenoxy) is 1.